The molecule has 0 aromatic heterocycles. The first-order valence-electron chi connectivity index (χ1n) is 5.08. The monoisotopic (exact) mass is 242 g/mol. The van der Waals surface area contributed by atoms with E-state index in [0.717, 1.165) is 6.42 Å². The molecule has 1 amide bonds. The van der Waals surface area contributed by atoms with Gasteiger partial charge in [-0.15, -0.1) is 0 Å². The van der Waals surface area contributed by atoms with Gasteiger partial charge in [0.05, 0.1) is 10.7 Å². The minimum absolute atomic E-state index is 0.0136. The Hall–Kier alpha value is -1.42. The molecular formula is C11H15ClN2O2. The molecule has 0 unspecified atom stereocenters. The molecule has 0 fully saturated rings. The van der Waals surface area contributed by atoms with Gasteiger partial charge in [-0.05, 0) is 18.6 Å². The van der Waals surface area contributed by atoms with E-state index in [4.69, 9.17) is 22.1 Å². The lowest BCUT2D eigenvalue weighted by Gasteiger charge is -2.07. The summed E-state index contributed by atoms with van der Waals surface area (Å²) in [5.74, 6) is 0.389. The Morgan fingerprint density at radius 3 is 2.94 bits per heavy atom. The van der Waals surface area contributed by atoms with Crippen LogP contribution >= 0.6 is 11.6 Å². The van der Waals surface area contributed by atoms with Crippen molar-refractivity contribution in [1.29, 1.82) is 0 Å². The molecule has 0 bridgehead atoms. The van der Waals surface area contributed by atoms with Crippen molar-refractivity contribution in [2.24, 2.45) is 0 Å². The highest BCUT2D eigenvalue weighted by atomic mass is 35.5. The zero-order valence-corrected chi connectivity index (χ0v) is 9.88. The third-order valence-electron chi connectivity index (χ3n) is 1.91. The largest absolute Gasteiger partial charge is 0.484 e. The lowest BCUT2D eigenvalue weighted by Crippen LogP contribution is -2.29. The number of nitrogen functional groups attached to an aromatic ring is 1. The van der Waals surface area contributed by atoms with Crippen molar-refractivity contribution < 1.29 is 9.53 Å². The predicted molar refractivity (Wildman–Crippen MR) is 64.7 cm³/mol. The van der Waals surface area contributed by atoms with Crippen molar-refractivity contribution >= 4 is 23.2 Å². The number of carbonyl (C=O) groups excluding carboxylic acids is 1. The number of anilines is 1. The van der Waals surface area contributed by atoms with Crippen LogP contribution in [0.2, 0.25) is 5.02 Å². The lowest BCUT2D eigenvalue weighted by atomic mass is 10.3. The van der Waals surface area contributed by atoms with Crippen molar-refractivity contribution in [3.05, 3.63) is 23.2 Å². The van der Waals surface area contributed by atoms with Gasteiger partial charge in [0.1, 0.15) is 5.75 Å². The number of nitrogens with one attached hydrogen (secondary N) is 1. The predicted octanol–water partition coefficient (Wildman–Crippen LogP) is 1.83. The Morgan fingerprint density at radius 1 is 1.56 bits per heavy atom. The maximum absolute atomic E-state index is 11.2. The zero-order chi connectivity index (χ0) is 12.0. The summed E-state index contributed by atoms with van der Waals surface area (Å²) in [5, 5.41) is 3.13. The van der Waals surface area contributed by atoms with Crippen molar-refractivity contribution in [3.63, 3.8) is 0 Å². The second kappa shape index (κ2) is 6.23. The quantitative estimate of drug-likeness (QED) is 0.775. The van der Waals surface area contributed by atoms with Crippen LogP contribution in [-0.4, -0.2) is 19.1 Å². The third-order valence-corrected chi connectivity index (χ3v) is 2.24. The average molecular weight is 243 g/mol. The molecule has 0 radical (unpaired) electrons. The highest BCUT2D eigenvalue weighted by Gasteiger charge is 2.03. The molecule has 4 nitrogen and oxygen atoms in total. The summed E-state index contributed by atoms with van der Waals surface area (Å²) >= 11 is 5.81. The summed E-state index contributed by atoms with van der Waals surface area (Å²) in [5.41, 5.74) is 6.03. The summed E-state index contributed by atoms with van der Waals surface area (Å²) in [6.07, 6.45) is 0.902. The first kappa shape index (κ1) is 12.6. The maximum atomic E-state index is 11.2. The van der Waals surface area contributed by atoms with Crippen LogP contribution in [0.3, 0.4) is 0 Å². The van der Waals surface area contributed by atoms with Gasteiger partial charge < -0.3 is 15.8 Å². The Bertz CT molecular complexity index is 369. The van der Waals surface area contributed by atoms with E-state index in [1.807, 2.05) is 6.92 Å². The Kier molecular flexibility index (Phi) is 4.92. The second-order valence-corrected chi connectivity index (χ2v) is 3.73. The van der Waals surface area contributed by atoms with Gasteiger partial charge in [-0.3, -0.25) is 4.79 Å². The van der Waals surface area contributed by atoms with Gasteiger partial charge >= 0.3 is 0 Å². The highest BCUT2D eigenvalue weighted by molar-refractivity contribution is 6.33. The molecule has 0 saturated heterocycles. The number of carbonyl (C=O) groups is 1. The van der Waals surface area contributed by atoms with Crippen molar-refractivity contribution in [3.8, 4) is 5.75 Å². The van der Waals surface area contributed by atoms with Gasteiger partial charge in [0.25, 0.3) is 5.91 Å². The number of hydrogen-bond acceptors (Lipinski definition) is 3. The molecule has 3 N–H and O–H groups in total. The summed E-state index contributed by atoms with van der Waals surface area (Å²) in [6.45, 7) is 2.63. The highest BCUT2D eigenvalue weighted by Crippen LogP contribution is 2.23. The third kappa shape index (κ3) is 3.98. The summed E-state index contributed by atoms with van der Waals surface area (Å²) in [7, 11) is 0. The van der Waals surface area contributed by atoms with Crippen LogP contribution in [0.5, 0.6) is 5.75 Å². The topological polar surface area (TPSA) is 64.3 Å². The molecular weight excluding hydrogens is 228 g/mol. The van der Waals surface area contributed by atoms with Crippen LogP contribution in [0, 0.1) is 0 Å². The molecule has 1 aromatic rings. The van der Waals surface area contributed by atoms with E-state index in [2.05, 4.69) is 5.32 Å². The van der Waals surface area contributed by atoms with E-state index < -0.39 is 0 Å². The molecule has 0 spiro atoms. The van der Waals surface area contributed by atoms with E-state index in [-0.39, 0.29) is 12.5 Å². The maximum Gasteiger partial charge on any atom is 0.257 e. The number of rotatable bonds is 5. The summed E-state index contributed by atoms with van der Waals surface area (Å²) < 4.78 is 5.25. The van der Waals surface area contributed by atoms with Gasteiger partial charge in [0.15, 0.2) is 6.61 Å². The number of ether oxygens (including phenoxy) is 1. The minimum Gasteiger partial charge on any atom is -0.484 e. The van der Waals surface area contributed by atoms with Crippen LogP contribution in [-0.2, 0) is 4.79 Å². The van der Waals surface area contributed by atoms with Crippen LogP contribution in [0.1, 0.15) is 13.3 Å². The number of halogens is 1. The molecule has 0 aliphatic rings. The standard InChI is InChI=1S/C11H15ClN2O2/c1-2-5-14-11(15)7-16-8-3-4-10(13)9(12)6-8/h3-4,6H,2,5,7,13H2,1H3,(H,14,15). The van der Waals surface area contributed by atoms with Gasteiger partial charge in [0.2, 0.25) is 0 Å². The molecule has 0 heterocycles. The summed E-state index contributed by atoms with van der Waals surface area (Å²) in [6, 6.07) is 4.90. The van der Waals surface area contributed by atoms with E-state index in [1.165, 1.54) is 0 Å². The first-order chi connectivity index (χ1) is 7.63. The molecule has 0 aliphatic heterocycles. The van der Waals surface area contributed by atoms with Crippen LogP contribution in [0.4, 0.5) is 5.69 Å². The number of benzene rings is 1. The van der Waals surface area contributed by atoms with Crippen molar-refractivity contribution in [2.75, 3.05) is 18.9 Å². The fourth-order valence-electron chi connectivity index (χ4n) is 1.06. The lowest BCUT2D eigenvalue weighted by molar-refractivity contribution is -0.123. The molecule has 88 valence electrons. The number of nitrogens with two attached hydrogens (primary N) is 1. The average Bonchev–Trinajstić information content (AvgIpc) is 2.28. The van der Waals surface area contributed by atoms with E-state index in [1.54, 1.807) is 18.2 Å². The van der Waals surface area contributed by atoms with Gasteiger partial charge in [0, 0.05) is 12.6 Å². The minimum atomic E-state index is -0.144. The van der Waals surface area contributed by atoms with Gasteiger partial charge in [-0.1, -0.05) is 18.5 Å². The Morgan fingerprint density at radius 2 is 2.31 bits per heavy atom. The fourth-order valence-corrected chi connectivity index (χ4v) is 1.23. The van der Waals surface area contributed by atoms with E-state index in [0.29, 0.717) is 23.0 Å². The van der Waals surface area contributed by atoms with Crippen LogP contribution < -0.4 is 15.8 Å². The Balaban J connectivity index is 2.42. The van der Waals surface area contributed by atoms with Crippen LogP contribution in [0.25, 0.3) is 0 Å². The molecule has 5 heteroatoms. The smallest absolute Gasteiger partial charge is 0.257 e. The molecule has 0 saturated carbocycles. The normalized spacial score (nSPS) is 9.88. The van der Waals surface area contributed by atoms with E-state index in [9.17, 15) is 4.79 Å². The number of hydrogen-bond donors (Lipinski definition) is 2. The van der Waals surface area contributed by atoms with E-state index >= 15 is 0 Å². The van der Waals surface area contributed by atoms with Gasteiger partial charge in [-0.2, -0.15) is 0 Å². The first-order valence-corrected chi connectivity index (χ1v) is 5.45. The SMILES string of the molecule is CCCNC(=O)COc1ccc(N)c(Cl)c1. The van der Waals surface area contributed by atoms with Gasteiger partial charge in [-0.25, -0.2) is 0 Å². The molecule has 0 atom stereocenters. The summed E-state index contributed by atoms with van der Waals surface area (Å²) in [4.78, 5) is 11.2. The molecule has 1 rings (SSSR count). The zero-order valence-electron chi connectivity index (χ0n) is 9.13. The molecule has 1 aromatic carbocycles. The van der Waals surface area contributed by atoms with Crippen molar-refractivity contribution in [2.45, 2.75) is 13.3 Å². The second-order valence-electron chi connectivity index (χ2n) is 3.32. The van der Waals surface area contributed by atoms with Crippen molar-refractivity contribution in [1.82, 2.24) is 5.32 Å². The van der Waals surface area contributed by atoms with Crippen LogP contribution in [0.15, 0.2) is 18.2 Å². The molecule has 16 heavy (non-hydrogen) atoms. The Labute approximate surface area is 99.7 Å². The molecule has 0 aliphatic carbocycles. The fraction of sp³-hybridized carbons (Fsp3) is 0.364. The number of amides is 1.